The molecule has 0 unspecified atom stereocenters. The van der Waals surface area contributed by atoms with Crippen LogP contribution in [0.1, 0.15) is 20.3 Å². The van der Waals surface area contributed by atoms with E-state index in [1.54, 1.807) is 11.8 Å². The number of allylic oxidation sites excluding steroid dienone is 1. The van der Waals surface area contributed by atoms with Gasteiger partial charge in [-0.2, -0.15) is 0 Å². The average Bonchev–Trinajstić information content (AvgIpc) is 2.56. The van der Waals surface area contributed by atoms with Crippen LogP contribution in [0.4, 0.5) is 5.69 Å². The molecule has 2 rings (SSSR count). The van der Waals surface area contributed by atoms with Crippen LogP contribution >= 0.6 is 11.8 Å². The van der Waals surface area contributed by atoms with Gasteiger partial charge in [-0.15, -0.1) is 0 Å². The van der Waals surface area contributed by atoms with Crippen molar-refractivity contribution in [1.29, 1.82) is 0 Å². The lowest BCUT2D eigenvalue weighted by Gasteiger charge is -2.21. The number of rotatable bonds is 3. The molecule has 0 radical (unpaired) electrons. The highest BCUT2D eigenvalue weighted by molar-refractivity contribution is 8.03. The van der Waals surface area contributed by atoms with E-state index < -0.39 is 0 Å². The quantitative estimate of drug-likeness (QED) is 0.797. The summed E-state index contributed by atoms with van der Waals surface area (Å²) in [5.41, 5.74) is 2.24. The van der Waals surface area contributed by atoms with Crippen molar-refractivity contribution in [2.45, 2.75) is 25.2 Å². The topological polar surface area (TPSA) is 15.6 Å². The summed E-state index contributed by atoms with van der Waals surface area (Å²) < 4.78 is 0. The molecular weight excluding hydrogens is 252 g/mol. The molecule has 3 heteroatoms. The van der Waals surface area contributed by atoms with E-state index in [0.717, 1.165) is 24.5 Å². The second kappa shape index (κ2) is 6.11. The fraction of sp³-hybridized carbons (Fsp3) is 0.312. The zero-order valence-corrected chi connectivity index (χ0v) is 12.6. The Bertz CT molecular complexity index is 543. The van der Waals surface area contributed by atoms with E-state index in [9.17, 15) is 0 Å². The van der Waals surface area contributed by atoms with E-state index in [-0.39, 0.29) is 0 Å². The van der Waals surface area contributed by atoms with E-state index in [1.165, 1.54) is 15.4 Å². The van der Waals surface area contributed by atoms with Crippen LogP contribution in [0.15, 0.2) is 57.3 Å². The Morgan fingerprint density at radius 3 is 2.79 bits per heavy atom. The molecule has 1 aliphatic rings. The number of aliphatic imine (C=N–C) groups is 1. The molecule has 0 amide bonds. The number of benzene rings is 1. The number of hydrogen-bond acceptors (Lipinski definition) is 3. The van der Waals surface area contributed by atoms with Crippen LogP contribution in [0.3, 0.4) is 0 Å². The van der Waals surface area contributed by atoms with Crippen molar-refractivity contribution < 1.29 is 0 Å². The van der Waals surface area contributed by atoms with Gasteiger partial charge in [0.15, 0.2) is 0 Å². The summed E-state index contributed by atoms with van der Waals surface area (Å²) in [6.45, 7) is 9.25. The molecular formula is C16H20N2S. The first-order chi connectivity index (χ1) is 9.17. The van der Waals surface area contributed by atoms with Gasteiger partial charge in [-0.1, -0.05) is 43.5 Å². The number of thioether (sulfide) groups is 1. The Morgan fingerprint density at radius 2 is 2.11 bits per heavy atom. The maximum atomic E-state index is 4.85. The van der Waals surface area contributed by atoms with E-state index >= 15 is 0 Å². The lowest BCUT2D eigenvalue weighted by atomic mass is 10.2. The minimum absolute atomic E-state index is 1.01. The summed E-state index contributed by atoms with van der Waals surface area (Å²) in [6, 6.07) is 8.27. The lowest BCUT2D eigenvalue weighted by Crippen LogP contribution is -2.28. The summed E-state index contributed by atoms with van der Waals surface area (Å²) in [4.78, 5) is 9.45. The third-order valence-electron chi connectivity index (χ3n) is 3.12. The minimum atomic E-state index is 1.01. The van der Waals surface area contributed by atoms with Crippen molar-refractivity contribution in [3.63, 3.8) is 0 Å². The maximum absolute atomic E-state index is 4.85. The maximum Gasteiger partial charge on any atom is 0.133 e. The van der Waals surface area contributed by atoms with Gasteiger partial charge in [0.1, 0.15) is 5.84 Å². The second-order valence-electron chi connectivity index (χ2n) is 4.62. The predicted octanol–water partition coefficient (Wildman–Crippen LogP) is 4.62. The smallest absolute Gasteiger partial charge is 0.133 e. The molecule has 19 heavy (non-hydrogen) atoms. The molecule has 2 nitrogen and oxygen atoms in total. The van der Waals surface area contributed by atoms with Crippen LogP contribution in [0.25, 0.3) is 0 Å². The van der Waals surface area contributed by atoms with Gasteiger partial charge in [0.25, 0.3) is 0 Å². The first-order valence-electron chi connectivity index (χ1n) is 6.57. The van der Waals surface area contributed by atoms with Gasteiger partial charge >= 0.3 is 0 Å². The van der Waals surface area contributed by atoms with Gasteiger partial charge in [-0.05, 0) is 25.5 Å². The Balaban J connectivity index is 2.53. The van der Waals surface area contributed by atoms with Crippen molar-refractivity contribution in [2.75, 3.05) is 13.6 Å². The largest absolute Gasteiger partial charge is 0.359 e. The number of nitrogens with zero attached hydrogens (tertiary/aromatic N) is 2. The molecule has 0 fully saturated rings. The molecule has 0 saturated heterocycles. The molecule has 1 aromatic carbocycles. The third-order valence-corrected chi connectivity index (χ3v) is 4.38. The van der Waals surface area contributed by atoms with Crippen LogP contribution in [0.2, 0.25) is 0 Å². The van der Waals surface area contributed by atoms with Crippen molar-refractivity contribution in [1.82, 2.24) is 4.90 Å². The third kappa shape index (κ3) is 2.92. The number of amidine groups is 1. The minimum Gasteiger partial charge on any atom is -0.359 e. The Morgan fingerprint density at radius 1 is 1.37 bits per heavy atom. The summed E-state index contributed by atoms with van der Waals surface area (Å²) in [5.74, 6) is 1.05. The molecule has 0 atom stereocenters. The van der Waals surface area contributed by atoms with Gasteiger partial charge in [-0.3, -0.25) is 0 Å². The number of hydrogen-bond donors (Lipinski definition) is 0. The van der Waals surface area contributed by atoms with Gasteiger partial charge < -0.3 is 4.90 Å². The average molecular weight is 272 g/mol. The molecule has 0 bridgehead atoms. The van der Waals surface area contributed by atoms with E-state index in [4.69, 9.17) is 4.99 Å². The predicted molar refractivity (Wildman–Crippen MR) is 85.2 cm³/mol. The zero-order valence-electron chi connectivity index (χ0n) is 11.8. The lowest BCUT2D eigenvalue weighted by molar-refractivity contribution is 0.501. The summed E-state index contributed by atoms with van der Waals surface area (Å²) >= 11 is 1.75. The Labute approximate surface area is 119 Å². The monoisotopic (exact) mass is 272 g/mol. The second-order valence-corrected chi connectivity index (χ2v) is 5.70. The number of para-hydroxylation sites is 1. The molecule has 0 aromatic heterocycles. The number of fused-ring (bicyclic) bond motifs is 1. The molecule has 1 heterocycles. The summed E-state index contributed by atoms with van der Waals surface area (Å²) in [7, 11) is 2.10. The van der Waals surface area contributed by atoms with Gasteiger partial charge in [0.05, 0.1) is 5.69 Å². The first-order valence-corrected chi connectivity index (χ1v) is 7.39. The number of likely N-dealkylation sites (N-methyl/N-ethyl adjacent to an activating group) is 1. The van der Waals surface area contributed by atoms with Crippen LogP contribution in [-0.2, 0) is 0 Å². The standard InChI is InChI=1S/C16H20N2S/c1-5-11-18(4)16-12(3)14(6-2)19-15-10-8-7-9-13(15)17-16/h6-10H,2,5,11H2,1,3-4H3. The Hall–Kier alpha value is -1.48. The van der Waals surface area contributed by atoms with Crippen LogP contribution in [0, 0.1) is 0 Å². The molecule has 1 aliphatic heterocycles. The SMILES string of the molecule is C=CC1=C(C)C(N(C)CCC)=Nc2ccccc2S1. The van der Waals surface area contributed by atoms with Crippen molar-refractivity contribution in [3.8, 4) is 0 Å². The van der Waals surface area contributed by atoms with Crippen molar-refractivity contribution >= 4 is 23.3 Å². The normalized spacial score (nSPS) is 14.6. The molecule has 0 aliphatic carbocycles. The van der Waals surface area contributed by atoms with Gasteiger partial charge in [-0.25, -0.2) is 4.99 Å². The van der Waals surface area contributed by atoms with Gasteiger partial charge in [0, 0.05) is 29.0 Å². The van der Waals surface area contributed by atoms with Gasteiger partial charge in [0.2, 0.25) is 0 Å². The fourth-order valence-corrected chi connectivity index (χ4v) is 3.08. The Kier molecular flexibility index (Phi) is 4.48. The molecule has 0 N–H and O–H groups in total. The highest BCUT2D eigenvalue weighted by Crippen LogP contribution is 2.39. The molecule has 1 aromatic rings. The van der Waals surface area contributed by atoms with E-state index in [1.807, 2.05) is 12.1 Å². The van der Waals surface area contributed by atoms with Crippen molar-refractivity contribution in [2.24, 2.45) is 4.99 Å². The van der Waals surface area contributed by atoms with E-state index in [2.05, 4.69) is 50.6 Å². The first kappa shape index (κ1) is 13.9. The molecule has 0 spiro atoms. The molecule has 0 saturated carbocycles. The summed E-state index contributed by atoms with van der Waals surface area (Å²) in [5, 5.41) is 0. The van der Waals surface area contributed by atoms with Crippen LogP contribution < -0.4 is 0 Å². The zero-order chi connectivity index (χ0) is 13.8. The highest BCUT2D eigenvalue weighted by atomic mass is 32.2. The fourth-order valence-electron chi connectivity index (χ4n) is 2.15. The van der Waals surface area contributed by atoms with Crippen LogP contribution in [0.5, 0.6) is 0 Å². The van der Waals surface area contributed by atoms with Crippen molar-refractivity contribution in [3.05, 3.63) is 47.4 Å². The van der Waals surface area contributed by atoms with Crippen LogP contribution in [-0.4, -0.2) is 24.3 Å². The highest BCUT2D eigenvalue weighted by Gasteiger charge is 2.17. The summed E-state index contributed by atoms with van der Waals surface area (Å²) in [6.07, 6.45) is 3.04. The molecule has 100 valence electrons. The van der Waals surface area contributed by atoms with E-state index in [0.29, 0.717) is 0 Å².